The Balaban J connectivity index is 1.95. The van der Waals surface area contributed by atoms with Crippen molar-refractivity contribution >= 4 is 20.9 Å². The Hall–Kier alpha value is -2.40. The molecule has 3 aromatic rings. The molecule has 0 atom stereocenters. The van der Waals surface area contributed by atoms with Gasteiger partial charge in [0.05, 0.1) is 0 Å². The number of halogens is 1. The molecule has 0 aliphatic heterocycles. The Morgan fingerprint density at radius 3 is 2.23 bits per heavy atom. The first kappa shape index (κ1) is 14.5. The van der Waals surface area contributed by atoms with E-state index in [1.807, 2.05) is 6.92 Å². The van der Waals surface area contributed by atoms with Crippen molar-refractivity contribution in [3.05, 3.63) is 72.0 Å². The molecule has 0 amide bonds. The number of hydrogen-bond acceptors (Lipinski definition) is 3. The molecule has 0 aliphatic rings. The Bertz CT molecular complexity index is 932. The van der Waals surface area contributed by atoms with Crippen LogP contribution in [0.25, 0.3) is 10.8 Å². The van der Waals surface area contributed by atoms with Crippen molar-refractivity contribution in [2.24, 2.45) is 0 Å². The lowest BCUT2D eigenvalue weighted by Gasteiger charge is -2.08. The van der Waals surface area contributed by atoms with Crippen LogP contribution >= 0.6 is 0 Å². The van der Waals surface area contributed by atoms with E-state index in [0.29, 0.717) is 10.8 Å². The van der Waals surface area contributed by atoms with Gasteiger partial charge in [0.2, 0.25) is 0 Å². The summed E-state index contributed by atoms with van der Waals surface area (Å²) in [5.74, 6) is -0.145. The lowest BCUT2D eigenvalue weighted by molar-refractivity contribution is 0.486. The third-order valence-corrected chi connectivity index (χ3v) is 4.55. The van der Waals surface area contributed by atoms with Crippen LogP contribution in [0.3, 0.4) is 0 Å². The van der Waals surface area contributed by atoms with Gasteiger partial charge in [-0.05, 0) is 54.1 Å². The topological polar surface area (TPSA) is 43.4 Å². The molecule has 0 aliphatic carbocycles. The van der Waals surface area contributed by atoms with E-state index in [2.05, 4.69) is 0 Å². The molecule has 3 aromatic carbocycles. The molecule has 0 bridgehead atoms. The second-order valence-corrected chi connectivity index (χ2v) is 6.55. The summed E-state index contributed by atoms with van der Waals surface area (Å²) >= 11 is 0. The van der Waals surface area contributed by atoms with E-state index in [4.69, 9.17) is 4.18 Å². The molecule has 0 spiro atoms. The molecule has 0 unspecified atom stereocenters. The van der Waals surface area contributed by atoms with E-state index < -0.39 is 10.1 Å². The smallest absolute Gasteiger partial charge is 0.339 e. The predicted molar refractivity (Wildman–Crippen MR) is 82.9 cm³/mol. The normalized spacial score (nSPS) is 11.5. The second kappa shape index (κ2) is 5.42. The van der Waals surface area contributed by atoms with Gasteiger partial charge in [-0.3, -0.25) is 0 Å². The Labute approximate surface area is 128 Å². The van der Waals surface area contributed by atoms with Gasteiger partial charge in [0.25, 0.3) is 0 Å². The van der Waals surface area contributed by atoms with Gasteiger partial charge in [0, 0.05) is 0 Å². The molecular formula is C17H13FO3S. The van der Waals surface area contributed by atoms with Crippen LogP contribution in [-0.4, -0.2) is 8.42 Å². The van der Waals surface area contributed by atoms with Crippen LogP contribution in [0.5, 0.6) is 5.75 Å². The molecule has 5 heteroatoms. The fraction of sp³-hybridized carbons (Fsp3) is 0.0588. The highest BCUT2D eigenvalue weighted by molar-refractivity contribution is 7.87. The van der Waals surface area contributed by atoms with Crippen molar-refractivity contribution in [1.82, 2.24) is 0 Å². The van der Waals surface area contributed by atoms with Crippen molar-refractivity contribution in [1.29, 1.82) is 0 Å². The molecule has 0 saturated carbocycles. The average molecular weight is 316 g/mol. The van der Waals surface area contributed by atoms with Gasteiger partial charge >= 0.3 is 10.1 Å². The fourth-order valence-corrected chi connectivity index (χ4v) is 3.05. The SMILES string of the molecule is Cc1ccc(S(=O)(=O)Oc2ccc3cc(F)ccc3c2)cc1. The molecule has 0 heterocycles. The van der Waals surface area contributed by atoms with Gasteiger partial charge in [-0.15, -0.1) is 0 Å². The first-order chi connectivity index (χ1) is 10.4. The van der Waals surface area contributed by atoms with Gasteiger partial charge in [0.15, 0.2) is 0 Å². The van der Waals surface area contributed by atoms with E-state index in [-0.39, 0.29) is 16.5 Å². The molecule has 0 fully saturated rings. The summed E-state index contributed by atoms with van der Waals surface area (Å²) < 4.78 is 42.7. The highest BCUT2D eigenvalue weighted by Gasteiger charge is 2.16. The van der Waals surface area contributed by atoms with Crippen molar-refractivity contribution in [3.63, 3.8) is 0 Å². The number of benzene rings is 3. The lowest BCUT2D eigenvalue weighted by Crippen LogP contribution is -2.09. The van der Waals surface area contributed by atoms with Crippen LogP contribution in [0, 0.1) is 12.7 Å². The van der Waals surface area contributed by atoms with Crippen LogP contribution < -0.4 is 4.18 Å². The van der Waals surface area contributed by atoms with Gasteiger partial charge < -0.3 is 4.18 Å². The predicted octanol–water partition coefficient (Wildman–Crippen LogP) is 4.06. The average Bonchev–Trinajstić information content (AvgIpc) is 2.47. The van der Waals surface area contributed by atoms with Crippen molar-refractivity contribution < 1.29 is 17.0 Å². The molecule has 112 valence electrons. The summed E-state index contributed by atoms with van der Waals surface area (Å²) in [4.78, 5) is 0.0947. The third-order valence-electron chi connectivity index (χ3n) is 3.29. The van der Waals surface area contributed by atoms with E-state index in [0.717, 1.165) is 5.56 Å². The summed E-state index contributed by atoms with van der Waals surface area (Å²) in [6.07, 6.45) is 0. The maximum Gasteiger partial charge on any atom is 0.339 e. The van der Waals surface area contributed by atoms with Crippen molar-refractivity contribution in [3.8, 4) is 5.75 Å². The lowest BCUT2D eigenvalue weighted by atomic mass is 10.1. The van der Waals surface area contributed by atoms with Gasteiger partial charge in [-0.2, -0.15) is 8.42 Å². The van der Waals surface area contributed by atoms with Crippen LogP contribution in [0.4, 0.5) is 4.39 Å². The summed E-state index contributed by atoms with van der Waals surface area (Å²) in [5, 5.41) is 1.39. The van der Waals surface area contributed by atoms with Gasteiger partial charge in [-0.1, -0.05) is 29.8 Å². The minimum Gasteiger partial charge on any atom is -0.379 e. The van der Waals surface area contributed by atoms with Gasteiger partial charge in [-0.25, -0.2) is 4.39 Å². The van der Waals surface area contributed by atoms with Crippen LogP contribution in [-0.2, 0) is 10.1 Å². The van der Waals surface area contributed by atoms with E-state index in [1.54, 1.807) is 30.3 Å². The first-order valence-electron chi connectivity index (χ1n) is 6.64. The van der Waals surface area contributed by atoms with Crippen LogP contribution in [0.15, 0.2) is 65.6 Å². The van der Waals surface area contributed by atoms with Crippen molar-refractivity contribution in [2.75, 3.05) is 0 Å². The van der Waals surface area contributed by atoms with Crippen LogP contribution in [0.2, 0.25) is 0 Å². The number of rotatable bonds is 3. The largest absolute Gasteiger partial charge is 0.379 e. The molecule has 3 rings (SSSR count). The molecule has 0 saturated heterocycles. The molecule has 0 aromatic heterocycles. The maximum atomic E-state index is 13.1. The molecule has 3 nitrogen and oxygen atoms in total. The van der Waals surface area contributed by atoms with E-state index >= 15 is 0 Å². The zero-order valence-corrected chi connectivity index (χ0v) is 12.6. The van der Waals surface area contributed by atoms with E-state index in [1.165, 1.54) is 30.3 Å². The number of aryl methyl sites for hydroxylation is 1. The highest BCUT2D eigenvalue weighted by Crippen LogP contribution is 2.24. The molecule has 0 radical (unpaired) electrons. The number of hydrogen-bond donors (Lipinski definition) is 0. The summed E-state index contributed by atoms with van der Waals surface area (Å²) in [7, 11) is -3.88. The Morgan fingerprint density at radius 2 is 1.50 bits per heavy atom. The first-order valence-corrected chi connectivity index (χ1v) is 8.05. The van der Waals surface area contributed by atoms with Gasteiger partial charge in [0.1, 0.15) is 16.5 Å². The summed E-state index contributed by atoms with van der Waals surface area (Å²) in [5.41, 5.74) is 0.965. The van der Waals surface area contributed by atoms with Crippen molar-refractivity contribution in [2.45, 2.75) is 11.8 Å². The standard InChI is InChI=1S/C17H13FO3S/c1-12-2-8-17(9-3-12)22(19,20)21-16-7-5-13-10-15(18)6-4-14(13)11-16/h2-11H,1H3. The zero-order valence-electron chi connectivity index (χ0n) is 11.8. The minimum absolute atomic E-state index is 0.0947. The fourth-order valence-electron chi connectivity index (χ4n) is 2.13. The minimum atomic E-state index is -3.88. The third kappa shape index (κ3) is 2.94. The zero-order chi connectivity index (χ0) is 15.7. The molecular weight excluding hydrogens is 303 g/mol. The Morgan fingerprint density at radius 1 is 0.864 bits per heavy atom. The Kier molecular flexibility index (Phi) is 3.58. The summed E-state index contributed by atoms with van der Waals surface area (Å²) in [6, 6.07) is 15.4. The monoisotopic (exact) mass is 316 g/mol. The number of fused-ring (bicyclic) bond motifs is 1. The summed E-state index contributed by atoms with van der Waals surface area (Å²) in [6.45, 7) is 1.87. The van der Waals surface area contributed by atoms with E-state index in [9.17, 15) is 12.8 Å². The molecule has 22 heavy (non-hydrogen) atoms. The quantitative estimate of drug-likeness (QED) is 0.685. The molecule has 0 N–H and O–H groups in total. The van der Waals surface area contributed by atoms with Crippen LogP contribution in [0.1, 0.15) is 5.56 Å². The maximum absolute atomic E-state index is 13.1. The second-order valence-electron chi connectivity index (χ2n) is 5.00. The highest BCUT2D eigenvalue weighted by atomic mass is 32.2.